The molecule has 0 heterocycles. The molecule has 2 rings (SSSR count). The summed E-state index contributed by atoms with van der Waals surface area (Å²) in [6.45, 7) is 1.53. The molecular weight excluding hydrogens is 215 g/mol. The Hall–Kier alpha value is -1.40. The molecule has 17 heavy (non-hydrogen) atoms. The number of nitriles is 1. The maximum absolute atomic E-state index is 13.0. The van der Waals surface area contributed by atoms with Crippen LogP contribution >= 0.6 is 0 Å². The minimum absolute atomic E-state index is 0.278. The Morgan fingerprint density at radius 3 is 2.88 bits per heavy atom. The first kappa shape index (κ1) is 12.1. The predicted molar refractivity (Wildman–Crippen MR) is 64.8 cm³/mol. The summed E-state index contributed by atoms with van der Waals surface area (Å²) >= 11 is 0. The summed E-state index contributed by atoms with van der Waals surface area (Å²) < 4.78 is 13.0. The summed E-state index contributed by atoms with van der Waals surface area (Å²) in [7, 11) is 0. The van der Waals surface area contributed by atoms with Crippen LogP contribution in [0.1, 0.15) is 36.8 Å². The largest absolute Gasteiger partial charge is 0.313 e. The lowest BCUT2D eigenvalue weighted by molar-refractivity contribution is 0.292. The average Bonchev–Trinajstić information content (AvgIpc) is 2.26. The van der Waals surface area contributed by atoms with Crippen LogP contribution < -0.4 is 5.32 Å². The Kier molecular flexibility index (Phi) is 4.11. The fraction of sp³-hybridized carbons (Fsp3) is 0.500. The maximum Gasteiger partial charge on any atom is 0.123 e. The van der Waals surface area contributed by atoms with E-state index in [4.69, 9.17) is 5.26 Å². The van der Waals surface area contributed by atoms with Gasteiger partial charge in [0.15, 0.2) is 0 Å². The molecule has 0 saturated heterocycles. The van der Waals surface area contributed by atoms with Crippen LogP contribution in [0.15, 0.2) is 18.2 Å². The molecule has 0 amide bonds. The van der Waals surface area contributed by atoms with Gasteiger partial charge in [-0.05, 0) is 42.6 Å². The number of rotatable bonds is 5. The number of benzene rings is 1. The van der Waals surface area contributed by atoms with Crippen molar-refractivity contribution in [2.24, 2.45) is 5.92 Å². The monoisotopic (exact) mass is 232 g/mol. The van der Waals surface area contributed by atoms with E-state index in [9.17, 15) is 4.39 Å². The molecule has 0 spiro atoms. The van der Waals surface area contributed by atoms with Crippen LogP contribution in [-0.2, 0) is 6.54 Å². The van der Waals surface area contributed by atoms with E-state index in [0.29, 0.717) is 12.1 Å². The lowest BCUT2D eigenvalue weighted by Gasteiger charge is -2.25. The van der Waals surface area contributed by atoms with Gasteiger partial charge in [0.2, 0.25) is 0 Å². The third-order valence-corrected chi connectivity index (χ3v) is 3.46. The number of hydrogen-bond acceptors (Lipinski definition) is 2. The SMILES string of the molecule is N#Cc1ccc(F)cc1CNCCC1CCC1. The van der Waals surface area contributed by atoms with Crippen molar-refractivity contribution in [3.63, 3.8) is 0 Å². The van der Waals surface area contributed by atoms with E-state index in [0.717, 1.165) is 18.0 Å². The van der Waals surface area contributed by atoms with E-state index < -0.39 is 0 Å². The van der Waals surface area contributed by atoms with Gasteiger partial charge in [0.1, 0.15) is 5.82 Å². The number of hydrogen-bond donors (Lipinski definition) is 1. The molecule has 1 aromatic rings. The van der Waals surface area contributed by atoms with Crippen molar-refractivity contribution in [3.8, 4) is 6.07 Å². The summed E-state index contributed by atoms with van der Waals surface area (Å²) in [6.07, 6.45) is 5.26. The fourth-order valence-corrected chi connectivity index (χ4v) is 2.13. The normalized spacial score (nSPS) is 15.3. The van der Waals surface area contributed by atoms with Crippen molar-refractivity contribution < 1.29 is 4.39 Å². The van der Waals surface area contributed by atoms with Crippen molar-refractivity contribution in [2.45, 2.75) is 32.2 Å². The smallest absolute Gasteiger partial charge is 0.123 e. The van der Waals surface area contributed by atoms with Crippen molar-refractivity contribution in [1.29, 1.82) is 5.26 Å². The van der Waals surface area contributed by atoms with Crippen LogP contribution in [0.2, 0.25) is 0 Å². The molecule has 1 aromatic carbocycles. The molecule has 1 fully saturated rings. The standard InChI is InChI=1S/C14H17FN2/c15-14-5-4-12(9-16)13(8-14)10-17-7-6-11-2-1-3-11/h4-5,8,11,17H,1-3,6-7,10H2. The first-order chi connectivity index (χ1) is 8.29. The summed E-state index contributed by atoms with van der Waals surface area (Å²) in [5.41, 5.74) is 1.31. The second-order valence-corrected chi connectivity index (χ2v) is 4.68. The summed E-state index contributed by atoms with van der Waals surface area (Å²) in [5.74, 6) is 0.602. The van der Waals surface area contributed by atoms with E-state index in [1.54, 1.807) is 0 Å². The topological polar surface area (TPSA) is 35.8 Å². The van der Waals surface area contributed by atoms with Crippen LogP contribution in [0.4, 0.5) is 4.39 Å². The molecule has 90 valence electrons. The molecule has 0 radical (unpaired) electrons. The lowest BCUT2D eigenvalue weighted by Crippen LogP contribution is -2.21. The molecule has 0 aliphatic heterocycles. The molecule has 0 bridgehead atoms. The number of nitrogens with zero attached hydrogens (tertiary/aromatic N) is 1. The molecule has 2 nitrogen and oxygen atoms in total. The van der Waals surface area contributed by atoms with E-state index in [1.807, 2.05) is 0 Å². The van der Waals surface area contributed by atoms with Crippen molar-refractivity contribution in [1.82, 2.24) is 5.32 Å². The van der Waals surface area contributed by atoms with Crippen molar-refractivity contribution in [3.05, 3.63) is 35.1 Å². The summed E-state index contributed by atoms with van der Waals surface area (Å²) in [6, 6.07) is 6.40. The third kappa shape index (κ3) is 3.28. The van der Waals surface area contributed by atoms with Gasteiger partial charge in [-0.15, -0.1) is 0 Å². The Morgan fingerprint density at radius 2 is 2.24 bits per heavy atom. The Labute approximate surface area is 101 Å². The molecule has 1 saturated carbocycles. The predicted octanol–water partition coefficient (Wildman–Crippen LogP) is 2.98. The molecule has 3 heteroatoms. The fourth-order valence-electron chi connectivity index (χ4n) is 2.13. The molecule has 0 atom stereocenters. The summed E-state index contributed by atoms with van der Waals surface area (Å²) in [5, 5.41) is 12.2. The maximum atomic E-state index is 13.0. The Morgan fingerprint density at radius 1 is 1.41 bits per heavy atom. The van der Waals surface area contributed by atoms with Gasteiger partial charge in [-0.25, -0.2) is 4.39 Å². The second kappa shape index (κ2) is 5.79. The van der Waals surface area contributed by atoms with Gasteiger partial charge in [-0.2, -0.15) is 5.26 Å². The highest BCUT2D eigenvalue weighted by atomic mass is 19.1. The van der Waals surface area contributed by atoms with Crippen molar-refractivity contribution in [2.75, 3.05) is 6.54 Å². The zero-order valence-corrected chi connectivity index (χ0v) is 9.88. The minimum Gasteiger partial charge on any atom is -0.313 e. The lowest BCUT2D eigenvalue weighted by atomic mass is 9.83. The van der Waals surface area contributed by atoms with Crippen LogP contribution in [0, 0.1) is 23.1 Å². The van der Waals surface area contributed by atoms with E-state index in [-0.39, 0.29) is 5.82 Å². The van der Waals surface area contributed by atoms with Gasteiger partial charge in [-0.3, -0.25) is 0 Å². The van der Waals surface area contributed by atoms with Crippen LogP contribution in [0.5, 0.6) is 0 Å². The zero-order valence-electron chi connectivity index (χ0n) is 9.88. The van der Waals surface area contributed by atoms with Gasteiger partial charge < -0.3 is 5.32 Å². The zero-order chi connectivity index (χ0) is 12.1. The van der Waals surface area contributed by atoms with Gasteiger partial charge in [0.25, 0.3) is 0 Å². The molecule has 0 aromatic heterocycles. The van der Waals surface area contributed by atoms with Gasteiger partial charge >= 0.3 is 0 Å². The molecule has 1 aliphatic carbocycles. The number of nitrogens with one attached hydrogen (secondary N) is 1. The first-order valence-corrected chi connectivity index (χ1v) is 6.19. The molecule has 1 N–H and O–H groups in total. The molecule has 1 aliphatic rings. The van der Waals surface area contributed by atoms with E-state index in [2.05, 4.69) is 11.4 Å². The van der Waals surface area contributed by atoms with Crippen LogP contribution in [0.25, 0.3) is 0 Å². The second-order valence-electron chi connectivity index (χ2n) is 4.68. The number of halogens is 1. The van der Waals surface area contributed by atoms with Crippen molar-refractivity contribution >= 4 is 0 Å². The van der Waals surface area contributed by atoms with Gasteiger partial charge in [-0.1, -0.05) is 19.3 Å². The highest BCUT2D eigenvalue weighted by Gasteiger charge is 2.16. The third-order valence-electron chi connectivity index (χ3n) is 3.46. The average molecular weight is 232 g/mol. The van der Waals surface area contributed by atoms with Crippen LogP contribution in [0.3, 0.4) is 0 Å². The van der Waals surface area contributed by atoms with Crippen LogP contribution in [-0.4, -0.2) is 6.54 Å². The highest BCUT2D eigenvalue weighted by Crippen LogP contribution is 2.28. The molecular formula is C14H17FN2. The van der Waals surface area contributed by atoms with E-state index >= 15 is 0 Å². The quantitative estimate of drug-likeness (QED) is 0.792. The summed E-state index contributed by atoms with van der Waals surface area (Å²) in [4.78, 5) is 0. The first-order valence-electron chi connectivity index (χ1n) is 6.19. The van der Waals surface area contributed by atoms with E-state index in [1.165, 1.54) is 43.9 Å². The minimum atomic E-state index is -0.278. The molecule has 0 unspecified atom stereocenters. The van der Waals surface area contributed by atoms with Gasteiger partial charge in [0.05, 0.1) is 11.6 Å². The van der Waals surface area contributed by atoms with Gasteiger partial charge in [0, 0.05) is 6.54 Å². The highest BCUT2D eigenvalue weighted by molar-refractivity contribution is 5.37. The Balaban J connectivity index is 1.81. The Bertz CT molecular complexity index is 419.